The Morgan fingerprint density at radius 1 is 1.17 bits per heavy atom. The van der Waals surface area contributed by atoms with Crippen LogP contribution in [0, 0.1) is 6.92 Å². The molecule has 0 spiro atoms. The van der Waals surface area contributed by atoms with E-state index in [9.17, 15) is 0 Å². The number of nitrogens with zero attached hydrogens (tertiary/aromatic N) is 6. The van der Waals surface area contributed by atoms with E-state index in [4.69, 9.17) is 4.74 Å². The lowest BCUT2D eigenvalue weighted by Crippen LogP contribution is -2.39. The van der Waals surface area contributed by atoms with Gasteiger partial charge in [-0.2, -0.15) is 5.10 Å². The van der Waals surface area contributed by atoms with Crippen LogP contribution in [0.1, 0.15) is 25.0 Å². The van der Waals surface area contributed by atoms with Crippen molar-refractivity contribution in [2.45, 2.75) is 32.3 Å². The van der Waals surface area contributed by atoms with Gasteiger partial charge in [-0.3, -0.25) is 4.68 Å². The molecule has 7 heteroatoms. The molecule has 0 N–H and O–H groups in total. The zero-order chi connectivity index (χ0) is 16.5. The van der Waals surface area contributed by atoms with E-state index in [1.54, 1.807) is 6.33 Å². The number of aryl methyl sites for hydroxylation is 2. The minimum absolute atomic E-state index is 0.243. The van der Waals surface area contributed by atoms with Crippen LogP contribution in [0.2, 0.25) is 0 Å². The molecule has 2 saturated heterocycles. The maximum Gasteiger partial charge on any atom is 0.163 e. The van der Waals surface area contributed by atoms with E-state index in [0.717, 1.165) is 55.2 Å². The fourth-order valence-corrected chi connectivity index (χ4v) is 3.95. The summed E-state index contributed by atoms with van der Waals surface area (Å²) >= 11 is 0. The van der Waals surface area contributed by atoms with Crippen LogP contribution in [-0.4, -0.2) is 70.1 Å². The molecule has 1 atom stereocenters. The van der Waals surface area contributed by atoms with Gasteiger partial charge in [-0.05, 0) is 39.3 Å². The Labute approximate surface area is 142 Å². The van der Waals surface area contributed by atoms with Crippen molar-refractivity contribution < 1.29 is 4.74 Å². The normalized spacial score (nSPS) is 23.1. The molecule has 0 bridgehead atoms. The highest BCUT2D eigenvalue weighted by Crippen LogP contribution is 2.27. The van der Waals surface area contributed by atoms with E-state index in [0.29, 0.717) is 0 Å². The van der Waals surface area contributed by atoms with Gasteiger partial charge in [0.15, 0.2) is 5.65 Å². The van der Waals surface area contributed by atoms with Crippen LogP contribution in [0.15, 0.2) is 6.33 Å². The lowest BCUT2D eigenvalue weighted by molar-refractivity contribution is 0.0450. The van der Waals surface area contributed by atoms with Crippen molar-refractivity contribution in [2.24, 2.45) is 7.05 Å². The molecule has 2 aromatic rings. The van der Waals surface area contributed by atoms with E-state index in [-0.39, 0.29) is 6.10 Å². The summed E-state index contributed by atoms with van der Waals surface area (Å²) in [5, 5.41) is 5.59. The first-order valence-electron chi connectivity index (χ1n) is 8.95. The van der Waals surface area contributed by atoms with Gasteiger partial charge in [-0.1, -0.05) is 0 Å². The van der Waals surface area contributed by atoms with Crippen molar-refractivity contribution in [3.05, 3.63) is 12.0 Å². The Kier molecular flexibility index (Phi) is 4.37. The monoisotopic (exact) mass is 330 g/mol. The summed E-state index contributed by atoms with van der Waals surface area (Å²) in [6.07, 6.45) is 5.56. The van der Waals surface area contributed by atoms with E-state index < -0.39 is 0 Å². The number of anilines is 1. The quantitative estimate of drug-likeness (QED) is 0.847. The molecule has 2 aromatic heterocycles. The third kappa shape index (κ3) is 2.98. The third-order valence-electron chi connectivity index (χ3n) is 5.09. The summed E-state index contributed by atoms with van der Waals surface area (Å²) in [5.74, 6) is 1.00. The van der Waals surface area contributed by atoms with Crippen LogP contribution in [0.5, 0.6) is 0 Å². The van der Waals surface area contributed by atoms with Crippen LogP contribution >= 0.6 is 0 Å². The second kappa shape index (κ2) is 6.64. The number of aromatic nitrogens is 4. The average molecular weight is 330 g/mol. The highest BCUT2D eigenvalue weighted by Gasteiger charge is 2.25. The number of likely N-dealkylation sites (tertiary alicyclic amines) is 1. The first kappa shape index (κ1) is 15.8. The molecule has 4 rings (SSSR count). The Balaban J connectivity index is 1.60. The number of ether oxygens (including phenoxy) is 1. The molecule has 0 radical (unpaired) electrons. The Bertz CT molecular complexity index is 708. The fraction of sp³-hybridized carbons (Fsp3) is 0.706. The van der Waals surface area contributed by atoms with Gasteiger partial charge in [-0.25, -0.2) is 9.97 Å². The standard InChI is InChI=1S/C17H26N6O/c1-13-15-16(21(2)20-13)18-12-19-17(15)23-8-5-9-24-14(11-23)10-22-6-3-4-7-22/h12,14H,3-11H2,1-2H3. The maximum absolute atomic E-state index is 6.12. The number of hydrogen-bond acceptors (Lipinski definition) is 6. The van der Waals surface area contributed by atoms with Crippen molar-refractivity contribution in [2.75, 3.05) is 44.2 Å². The van der Waals surface area contributed by atoms with Crippen LogP contribution in [0.3, 0.4) is 0 Å². The van der Waals surface area contributed by atoms with Gasteiger partial charge in [0.2, 0.25) is 0 Å². The second-order valence-electron chi connectivity index (χ2n) is 6.90. The topological polar surface area (TPSA) is 59.3 Å². The van der Waals surface area contributed by atoms with Crippen molar-refractivity contribution in [3.63, 3.8) is 0 Å². The first-order valence-corrected chi connectivity index (χ1v) is 8.95. The lowest BCUT2D eigenvalue weighted by Gasteiger charge is -2.28. The molecule has 1 unspecified atom stereocenters. The van der Waals surface area contributed by atoms with Crippen molar-refractivity contribution in [3.8, 4) is 0 Å². The maximum atomic E-state index is 6.12. The van der Waals surface area contributed by atoms with Gasteiger partial charge in [0.1, 0.15) is 12.1 Å². The summed E-state index contributed by atoms with van der Waals surface area (Å²) in [5.41, 5.74) is 1.89. The van der Waals surface area contributed by atoms with Gasteiger partial charge in [0, 0.05) is 33.3 Å². The van der Waals surface area contributed by atoms with Gasteiger partial charge in [-0.15, -0.1) is 0 Å². The summed E-state index contributed by atoms with van der Waals surface area (Å²) < 4.78 is 7.96. The molecule has 0 aliphatic carbocycles. The number of rotatable bonds is 3. The summed E-state index contributed by atoms with van der Waals surface area (Å²) in [4.78, 5) is 13.9. The summed E-state index contributed by atoms with van der Waals surface area (Å²) in [6.45, 7) is 8.16. The van der Waals surface area contributed by atoms with E-state index >= 15 is 0 Å². The SMILES string of the molecule is Cc1nn(C)c2ncnc(N3CCCOC(CN4CCCC4)C3)c12. The van der Waals surface area contributed by atoms with Crippen molar-refractivity contribution in [1.29, 1.82) is 0 Å². The van der Waals surface area contributed by atoms with Gasteiger partial charge in [0.05, 0.1) is 17.2 Å². The lowest BCUT2D eigenvalue weighted by atomic mass is 10.2. The van der Waals surface area contributed by atoms with E-state index in [1.165, 1.54) is 25.9 Å². The first-order chi connectivity index (χ1) is 11.7. The molecular weight excluding hydrogens is 304 g/mol. The number of hydrogen-bond donors (Lipinski definition) is 0. The minimum atomic E-state index is 0.243. The molecule has 2 aliphatic heterocycles. The average Bonchev–Trinajstić information content (AvgIpc) is 3.10. The molecule has 24 heavy (non-hydrogen) atoms. The fourth-order valence-electron chi connectivity index (χ4n) is 3.95. The number of fused-ring (bicyclic) bond motifs is 1. The Hall–Kier alpha value is -1.73. The predicted molar refractivity (Wildman–Crippen MR) is 93.3 cm³/mol. The van der Waals surface area contributed by atoms with Crippen molar-refractivity contribution in [1.82, 2.24) is 24.6 Å². The summed E-state index contributed by atoms with van der Waals surface area (Å²) in [7, 11) is 1.94. The van der Waals surface area contributed by atoms with E-state index in [2.05, 4.69) is 24.9 Å². The highest BCUT2D eigenvalue weighted by molar-refractivity contribution is 5.89. The molecule has 2 fully saturated rings. The summed E-state index contributed by atoms with van der Waals surface area (Å²) in [6, 6.07) is 0. The smallest absolute Gasteiger partial charge is 0.163 e. The Morgan fingerprint density at radius 2 is 2.00 bits per heavy atom. The molecule has 0 amide bonds. The van der Waals surface area contributed by atoms with Crippen LogP contribution in [0.25, 0.3) is 11.0 Å². The van der Waals surface area contributed by atoms with Gasteiger partial charge < -0.3 is 14.5 Å². The molecule has 7 nitrogen and oxygen atoms in total. The molecular formula is C17H26N6O. The van der Waals surface area contributed by atoms with Gasteiger partial charge >= 0.3 is 0 Å². The minimum Gasteiger partial charge on any atom is -0.375 e. The largest absolute Gasteiger partial charge is 0.375 e. The zero-order valence-electron chi connectivity index (χ0n) is 14.6. The second-order valence-corrected chi connectivity index (χ2v) is 6.90. The molecule has 0 saturated carbocycles. The van der Waals surface area contributed by atoms with Gasteiger partial charge in [0.25, 0.3) is 0 Å². The van der Waals surface area contributed by atoms with Crippen LogP contribution < -0.4 is 4.90 Å². The molecule has 4 heterocycles. The van der Waals surface area contributed by atoms with E-state index in [1.807, 2.05) is 18.7 Å². The molecule has 130 valence electrons. The highest BCUT2D eigenvalue weighted by atomic mass is 16.5. The van der Waals surface area contributed by atoms with Crippen molar-refractivity contribution >= 4 is 16.9 Å². The molecule has 2 aliphatic rings. The third-order valence-corrected chi connectivity index (χ3v) is 5.09. The predicted octanol–water partition coefficient (Wildman–Crippen LogP) is 1.36. The zero-order valence-corrected chi connectivity index (χ0v) is 14.6. The molecule has 0 aromatic carbocycles. The van der Waals surface area contributed by atoms with Crippen LogP contribution in [-0.2, 0) is 11.8 Å². The Morgan fingerprint density at radius 3 is 2.83 bits per heavy atom. The van der Waals surface area contributed by atoms with Crippen LogP contribution in [0.4, 0.5) is 5.82 Å².